The van der Waals surface area contributed by atoms with Crippen LogP contribution in [0.2, 0.25) is 0 Å². The molecule has 3 N–H and O–H groups in total. The Kier molecular flexibility index (Phi) is 3.57. The number of thiophene rings is 1. The third kappa shape index (κ3) is 2.60. The number of rotatable bonds is 4. The summed E-state index contributed by atoms with van der Waals surface area (Å²) in [5, 5.41) is 13.3. The highest BCUT2D eigenvalue weighted by molar-refractivity contribution is 7.12. The Labute approximate surface area is 113 Å². The van der Waals surface area contributed by atoms with E-state index in [1.807, 2.05) is 0 Å². The minimum Gasteiger partial charge on any atom is -0.496 e. The van der Waals surface area contributed by atoms with Crippen molar-refractivity contribution in [2.24, 2.45) is 0 Å². The minimum absolute atomic E-state index is 0.0665. The number of carbonyl (C=O) groups excluding carboxylic acids is 1. The number of nitrogens with one attached hydrogen (secondary N) is 2. The molecule has 0 aromatic carbocycles. The Bertz CT molecular complexity index is 629. The van der Waals surface area contributed by atoms with Crippen LogP contribution < -0.4 is 10.1 Å². The van der Waals surface area contributed by atoms with Gasteiger partial charge in [-0.15, -0.1) is 11.3 Å². The predicted molar refractivity (Wildman–Crippen MR) is 71.3 cm³/mol. The first-order valence-electron chi connectivity index (χ1n) is 5.38. The van der Waals surface area contributed by atoms with Gasteiger partial charge in [0.2, 0.25) is 0 Å². The lowest BCUT2D eigenvalue weighted by molar-refractivity contribution is 0.0697. The molecule has 0 aliphatic rings. The van der Waals surface area contributed by atoms with E-state index in [4.69, 9.17) is 9.84 Å². The molecule has 0 atom stereocenters. The third-order valence-corrected chi connectivity index (χ3v) is 3.48. The quantitative estimate of drug-likeness (QED) is 0.801. The van der Waals surface area contributed by atoms with Gasteiger partial charge in [0, 0.05) is 23.3 Å². The largest absolute Gasteiger partial charge is 0.496 e. The summed E-state index contributed by atoms with van der Waals surface area (Å²) in [7, 11) is 1.52. The number of carboxylic acid groups (broad SMARTS) is 1. The van der Waals surface area contributed by atoms with Gasteiger partial charge in [-0.05, 0) is 6.92 Å². The topological polar surface area (TPSA) is 91.4 Å². The van der Waals surface area contributed by atoms with E-state index in [1.54, 1.807) is 18.4 Å². The highest BCUT2D eigenvalue weighted by Crippen LogP contribution is 2.24. The number of carboxylic acids is 1. The summed E-state index contributed by atoms with van der Waals surface area (Å²) in [6.45, 7) is 1.63. The van der Waals surface area contributed by atoms with E-state index < -0.39 is 5.97 Å². The van der Waals surface area contributed by atoms with Crippen molar-refractivity contribution in [1.29, 1.82) is 0 Å². The van der Waals surface area contributed by atoms with Gasteiger partial charge in [0.15, 0.2) is 0 Å². The summed E-state index contributed by atoms with van der Waals surface area (Å²) >= 11 is 1.23. The zero-order valence-corrected chi connectivity index (χ0v) is 11.1. The lowest BCUT2D eigenvalue weighted by Crippen LogP contribution is -2.12. The number of amides is 1. The van der Waals surface area contributed by atoms with E-state index >= 15 is 0 Å². The molecule has 2 aromatic heterocycles. The standard InChI is InChI=1S/C12H12N2O4S/c1-6-10(12(16)17)8(4-13-6)14-11(15)9-3-7(18-2)5-19-9/h3-5,13H,1-2H3,(H,14,15)(H,16,17). The Morgan fingerprint density at radius 3 is 2.79 bits per heavy atom. The van der Waals surface area contributed by atoms with Gasteiger partial charge < -0.3 is 20.1 Å². The predicted octanol–water partition coefficient (Wildman–Crippen LogP) is 2.34. The molecule has 6 nitrogen and oxygen atoms in total. The molecule has 100 valence electrons. The minimum atomic E-state index is -1.09. The summed E-state index contributed by atoms with van der Waals surface area (Å²) in [5.41, 5.74) is 0.811. The maximum absolute atomic E-state index is 12.0. The molecule has 0 bridgehead atoms. The Morgan fingerprint density at radius 1 is 1.47 bits per heavy atom. The number of aryl methyl sites for hydroxylation is 1. The van der Waals surface area contributed by atoms with E-state index in [-0.39, 0.29) is 17.2 Å². The number of ether oxygens (including phenoxy) is 1. The molecule has 0 aliphatic heterocycles. The fraction of sp³-hybridized carbons (Fsp3) is 0.167. The number of H-pyrrole nitrogens is 1. The molecule has 0 saturated carbocycles. The highest BCUT2D eigenvalue weighted by atomic mass is 32.1. The van der Waals surface area contributed by atoms with Gasteiger partial charge in [0.25, 0.3) is 5.91 Å². The summed E-state index contributed by atoms with van der Waals surface area (Å²) in [5.74, 6) is -0.855. The number of hydrogen-bond acceptors (Lipinski definition) is 4. The average molecular weight is 280 g/mol. The van der Waals surface area contributed by atoms with Gasteiger partial charge in [-0.2, -0.15) is 0 Å². The first kappa shape index (κ1) is 13.2. The zero-order valence-electron chi connectivity index (χ0n) is 10.3. The maximum atomic E-state index is 12.0. The zero-order chi connectivity index (χ0) is 14.0. The fourth-order valence-electron chi connectivity index (χ4n) is 1.63. The Morgan fingerprint density at radius 2 is 2.21 bits per heavy atom. The second-order valence-corrected chi connectivity index (χ2v) is 4.72. The van der Waals surface area contributed by atoms with Crippen molar-refractivity contribution < 1.29 is 19.4 Å². The van der Waals surface area contributed by atoms with Crippen molar-refractivity contribution in [3.63, 3.8) is 0 Å². The van der Waals surface area contributed by atoms with Crippen LogP contribution in [-0.4, -0.2) is 29.1 Å². The van der Waals surface area contributed by atoms with Crippen LogP contribution in [0, 0.1) is 6.92 Å². The summed E-state index contributed by atoms with van der Waals surface area (Å²) < 4.78 is 4.99. The first-order valence-corrected chi connectivity index (χ1v) is 6.26. The van der Waals surface area contributed by atoms with E-state index in [0.717, 1.165) is 0 Å². The summed E-state index contributed by atoms with van der Waals surface area (Å²) in [6, 6.07) is 1.60. The number of carbonyl (C=O) groups is 2. The van der Waals surface area contributed by atoms with Crippen molar-refractivity contribution in [3.8, 4) is 5.75 Å². The van der Waals surface area contributed by atoms with E-state index in [2.05, 4.69) is 10.3 Å². The van der Waals surface area contributed by atoms with Crippen LogP contribution in [0.4, 0.5) is 5.69 Å². The van der Waals surface area contributed by atoms with Crippen LogP contribution in [0.3, 0.4) is 0 Å². The molecule has 19 heavy (non-hydrogen) atoms. The van der Waals surface area contributed by atoms with E-state index in [0.29, 0.717) is 16.3 Å². The molecule has 7 heteroatoms. The highest BCUT2D eigenvalue weighted by Gasteiger charge is 2.18. The number of anilines is 1. The molecule has 0 spiro atoms. The van der Waals surface area contributed by atoms with Gasteiger partial charge in [-0.3, -0.25) is 4.79 Å². The molecule has 0 unspecified atom stereocenters. The van der Waals surface area contributed by atoms with Crippen molar-refractivity contribution >= 4 is 28.9 Å². The molecule has 0 saturated heterocycles. The molecule has 0 fully saturated rings. The number of hydrogen-bond donors (Lipinski definition) is 3. The van der Waals surface area contributed by atoms with Crippen LogP contribution in [0.5, 0.6) is 5.75 Å². The number of aromatic nitrogens is 1. The first-order chi connectivity index (χ1) is 9.02. The second-order valence-electron chi connectivity index (χ2n) is 3.81. The van der Waals surface area contributed by atoms with Crippen LogP contribution in [0.15, 0.2) is 17.6 Å². The van der Waals surface area contributed by atoms with Crippen molar-refractivity contribution in [1.82, 2.24) is 4.98 Å². The van der Waals surface area contributed by atoms with Gasteiger partial charge >= 0.3 is 5.97 Å². The lowest BCUT2D eigenvalue weighted by Gasteiger charge is -2.02. The molecule has 2 heterocycles. The molecule has 1 amide bonds. The van der Waals surface area contributed by atoms with Gasteiger partial charge in [0.05, 0.1) is 17.7 Å². The molecule has 2 aromatic rings. The Hall–Kier alpha value is -2.28. The summed E-state index contributed by atoms with van der Waals surface area (Å²) in [6.07, 6.45) is 1.46. The van der Waals surface area contributed by atoms with Crippen molar-refractivity contribution in [3.05, 3.63) is 33.8 Å². The number of methoxy groups -OCH3 is 1. The number of aromatic carboxylic acids is 1. The van der Waals surface area contributed by atoms with Gasteiger partial charge in [-0.1, -0.05) is 0 Å². The van der Waals surface area contributed by atoms with E-state index in [9.17, 15) is 9.59 Å². The second kappa shape index (κ2) is 5.15. The SMILES string of the molecule is COc1csc(C(=O)Nc2c[nH]c(C)c2C(=O)O)c1. The van der Waals surface area contributed by atoms with Gasteiger partial charge in [0.1, 0.15) is 11.3 Å². The van der Waals surface area contributed by atoms with Crippen molar-refractivity contribution in [2.45, 2.75) is 6.92 Å². The summed E-state index contributed by atoms with van der Waals surface area (Å²) in [4.78, 5) is 26.3. The Balaban J connectivity index is 2.21. The maximum Gasteiger partial charge on any atom is 0.339 e. The average Bonchev–Trinajstić information content (AvgIpc) is 2.96. The van der Waals surface area contributed by atoms with Crippen LogP contribution >= 0.6 is 11.3 Å². The smallest absolute Gasteiger partial charge is 0.339 e. The van der Waals surface area contributed by atoms with Crippen LogP contribution in [0.25, 0.3) is 0 Å². The van der Waals surface area contributed by atoms with E-state index in [1.165, 1.54) is 24.6 Å². The molecular weight excluding hydrogens is 268 g/mol. The number of aromatic amines is 1. The molecule has 2 rings (SSSR count). The van der Waals surface area contributed by atoms with Gasteiger partial charge in [-0.25, -0.2) is 4.79 Å². The molecular formula is C12H12N2O4S. The third-order valence-electron chi connectivity index (χ3n) is 2.57. The molecule has 0 aliphatic carbocycles. The van der Waals surface area contributed by atoms with Crippen molar-refractivity contribution in [2.75, 3.05) is 12.4 Å². The fourth-order valence-corrected chi connectivity index (χ4v) is 2.38. The normalized spacial score (nSPS) is 10.2. The lowest BCUT2D eigenvalue weighted by atomic mass is 10.2. The monoisotopic (exact) mass is 280 g/mol. The van der Waals surface area contributed by atoms with Crippen LogP contribution in [0.1, 0.15) is 25.7 Å². The molecule has 0 radical (unpaired) electrons. The van der Waals surface area contributed by atoms with Crippen LogP contribution in [-0.2, 0) is 0 Å².